The van der Waals surface area contributed by atoms with E-state index in [-0.39, 0.29) is 12.2 Å². The standard InChI is InChI=1S/C21H27NO2/c1-16(2)20-14-22(13-18-11-7-8-12-19(18)23-3)15-21(24-20)17-9-5-4-6-10-17/h4-12,16,20-21H,13-15H2,1-3H3/t20-,21+/m1/s1. The fraction of sp³-hybridized carbons (Fsp3) is 0.429. The lowest BCUT2D eigenvalue weighted by Crippen LogP contribution is -2.45. The molecule has 2 atom stereocenters. The molecule has 2 aromatic rings. The van der Waals surface area contributed by atoms with Crippen molar-refractivity contribution in [2.45, 2.75) is 32.6 Å². The molecule has 3 rings (SSSR count). The summed E-state index contributed by atoms with van der Waals surface area (Å²) in [5, 5.41) is 0. The largest absolute Gasteiger partial charge is 0.496 e. The van der Waals surface area contributed by atoms with Gasteiger partial charge in [0.05, 0.1) is 19.3 Å². The molecule has 128 valence electrons. The van der Waals surface area contributed by atoms with Crippen LogP contribution in [-0.2, 0) is 11.3 Å². The minimum absolute atomic E-state index is 0.127. The Morgan fingerprint density at radius 3 is 2.46 bits per heavy atom. The van der Waals surface area contributed by atoms with Gasteiger partial charge in [-0.15, -0.1) is 0 Å². The van der Waals surface area contributed by atoms with Crippen molar-refractivity contribution in [3.8, 4) is 5.75 Å². The number of hydrogen-bond acceptors (Lipinski definition) is 3. The molecule has 0 aromatic heterocycles. The van der Waals surface area contributed by atoms with E-state index >= 15 is 0 Å². The molecule has 0 saturated carbocycles. The van der Waals surface area contributed by atoms with Gasteiger partial charge < -0.3 is 9.47 Å². The molecule has 2 aromatic carbocycles. The van der Waals surface area contributed by atoms with E-state index in [0.717, 1.165) is 25.4 Å². The van der Waals surface area contributed by atoms with Gasteiger partial charge in [-0.05, 0) is 17.5 Å². The van der Waals surface area contributed by atoms with E-state index in [1.165, 1.54) is 11.1 Å². The van der Waals surface area contributed by atoms with Crippen molar-refractivity contribution in [1.82, 2.24) is 4.90 Å². The number of hydrogen-bond donors (Lipinski definition) is 0. The monoisotopic (exact) mass is 325 g/mol. The zero-order valence-corrected chi connectivity index (χ0v) is 14.8. The molecular formula is C21H27NO2. The molecule has 1 aliphatic rings. The van der Waals surface area contributed by atoms with E-state index in [0.29, 0.717) is 5.92 Å². The van der Waals surface area contributed by atoms with Crippen molar-refractivity contribution in [2.24, 2.45) is 5.92 Å². The third-order valence-electron chi connectivity index (χ3n) is 4.70. The van der Waals surface area contributed by atoms with Crippen LogP contribution in [0.4, 0.5) is 0 Å². The van der Waals surface area contributed by atoms with Gasteiger partial charge in [-0.3, -0.25) is 4.90 Å². The van der Waals surface area contributed by atoms with Crippen molar-refractivity contribution in [2.75, 3.05) is 20.2 Å². The molecule has 0 spiro atoms. The van der Waals surface area contributed by atoms with Gasteiger partial charge in [0.25, 0.3) is 0 Å². The number of ether oxygens (including phenoxy) is 2. The summed E-state index contributed by atoms with van der Waals surface area (Å²) in [5.74, 6) is 1.46. The minimum atomic E-state index is 0.127. The highest BCUT2D eigenvalue weighted by Gasteiger charge is 2.30. The van der Waals surface area contributed by atoms with Gasteiger partial charge >= 0.3 is 0 Å². The molecule has 0 bridgehead atoms. The summed E-state index contributed by atoms with van der Waals surface area (Å²) in [6.45, 7) is 7.23. The Morgan fingerprint density at radius 2 is 1.75 bits per heavy atom. The summed E-state index contributed by atoms with van der Waals surface area (Å²) in [7, 11) is 1.74. The topological polar surface area (TPSA) is 21.7 Å². The molecule has 1 heterocycles. The van der Waals surface area contributed by atoms with Crippen LogP contribution in [0.25, 0.3) is 0 Å². The Balaban J connectivity index is 1.79. The van der Waals surface area contributed by atoms with Gasteiger partial charge in [-0.1, -0.05) is 62.4 Å². The van der Waals surface area contributed by atoms with Crippen LogP contribution in [0.15, 0.2) is 54.6 Å². The number of methoxy groups -OCH3 is 1. The highest BCUT2D eigenvalue weighted by Crippen LogP contribution is 2.30. The smallest absolute Gasteiger partial charge is 0.123 e. The van der Waals surface area contributed by atoms with E-state index in [1.54, 1.807) is 7.11 Å². The minimum Gasteiger partial charge on any atom is -0.496 e. The predicted octanol–water partition coefficient (Wildman–Crippen LogP) is 4.29. The van der Waals surface area contributed by atoms with E-state index < -0.39 is 0 Å². The maximum absolute atomic E-state index is 6.39. The highest BCUT2D eigenvalue weighted by molar-refractivity contribution is 5.33. The Hall–Kier alpha value is -1.84. The summed E-state index contributed by atoms with van der Waals surface area (Å²) < 4.78 is 11.9. The summed E-state index contributed by atoms with van der Waals surface area (Å²) in [5.41, 5.74) is 2.49. The first-order valence-corrected chi connectivity index (χ1v) is 8.72. The SMILES string of the molecule is COc1ccccc1CN1C[C@@H](c2ccccc2)O[C@@H](C(C)C)C1. The number of para-hydroxylation sites is 1. The van der Waals surface area contributed by atoms with Crippen LogP contribution in [0.5, 0.6) is 5.75 Å². The Kier molecular flexibility index (Phi) is 5.54. The van der Waals surface area contributed by atoms with Gasteiger partial charge in [0.1, 0.15) is 5.75 Å². The molecule has 0 unspecified atom stereocenters. The van der Waals surface area contributed by atoms with Crippen LogP contribution in [0, 0.1) is 5.92 Å². The molecule has 1 saturated heterocycles. The van der Waals surface area contributed by atoms with Gasteiger partial charge in [0.2, 0.25) is 0 Å². The molecule has 24 heavy (non-hydrogen) atoms. The molecule has 1 aliphatic heterocycles. The highest BCUT2D eigenvalue weighted by atomic mass is 16.5. The van der Waals surface area contributed by atoms with Gasteiger partial charge in [-0.2, -0.15) is 0 Å². The Labute approximate surface area is 145 Å². The molecule has 3 nitrogen and oxygen atoms in total. The lowest BCUT2D eigenvalue weighted by Gasteiger charge is -2.40. The Morgan fingerprint density at radius 1 is 1.04 bits per heavy atom. The first-order valence-electron chi connectivity index (χ1n) is 8.72. The number of rotatable bonds is 5. The van der Waals surface area contributed by atoms with Crippen molar-refractivity contribution in [3.05, 3.63) is 65.7 Å². The molecular weight excluding hydrogens is 298 g/mol. The average Bonchev–Trinajstić information content (AvgIpc) is 2.62. The second-order valence-electron chi connectivity index (χ2n) is 6.82. The fourth-order valence-electron chi connectivity index (χ4n) is 3.28. The van der Waals surface area contributed by atoms with Crippen LogP contribution in [-0.4, -0.2) is 31.2 Å². The molecule has 0 aliphatic carbocycles. The van der Waals surface area contributed by atoms with Crippen molar-refractivity contribution >= 4 is 0 Å². The Bertz CT molecular complexity index is 641. The van der Waals surface area contributed by atoms with Gasteiger partial charge in [0, 0.05) is 25.2 Å². The first kappa shape index (κ1) is 17.0. The van der Waals surface area contributed by atoms with E-state index in [1.807, 2.05) is 12.1 Å². The summed E-state index contributed by atoms with van der Waals surface area (Å²) in [6.07, 6.45) is 0.376. The predicted molar refractivity (Wildman–Crippen MR) is 97.2 cm³/mol. The van der Waals surface area contributed by atoms with Gasteiger partial charge in [-0.25, -0.2) is 0 Å². The summed E-state index contributed by atoms with van der Waals surface area (Å²) in [4.78, 5) is 2.49. The third kappa shape index (κ3) is 3.97. The lowest BCUT2D eigenvalue weighted by atomic mass is 10.0. The van der Waals surface area contributed by atoms with Crippen LogP contribution in [0.1, 0.15) is 31.1 Å². The second kappa shape index (κ2) is 7.82. The third-order valence-corrected chi connectivity index (χ3v) is 4.70. The van der Waals surface area contributed by atoms with Crippen molar-refractivity contribution in [1.29, 1.82) is 0 Å². The maximum Gasteiger partial charge on any atom is 0.123 e. The summed E-state index contributed by atoms with van der Waals surface area (Å²) in [6, 6.07) is 18.8. The number of nitrogens with zero attached hydrogens (tertiary/aromatic N) is 1. The zero-order chi connectivity index (χ0) is 16.9. The van der Waals surface area contributed by atoms with Crippen LogP contribution >= 0.6 is 0 Å². The number of benzene rings is 2. The van der Waals surface area contributed by atoms with E-state index in [9.17, 15) is 0 Å². The van der Waals surface area contributed by atoms with E-state index in [2.05, 4.69) is 61.2 Å². The van der Waals surface area contributed by atoms with E-state index in [4.69, 9.17) is 9.47 Å². The second-order valence-corrected chi connectivity index (χ2v) is 6.82. The first-order chi connectivity index (χ1) is 11.7. The average molecular weight is 325 g/mol. The lowest BCUT2D eigenvalue weighted by molar-refractivity contribution is -0.108. The van der Waals surface area contributed by atoms with Crippen LogP contribution in [0.3, 0.4) is 0 Å². The maximum atomic E-state index is 6.39. The quantitative estimate of drug-likeness (QED) is 0.818. The molecule has 0 amide bonds. The molecule has 0 N–H and O–H groups in total. The molecule has 0 radical (unpaired) electrons. The fourth-order valence-corrected chi connectivity index (χ4v) is 3.28. The number of morpholine rings is 1. The normalized spacial score (nSPS) is 21.8. The molecule has 1 fully saturated rings. The van der Waals surface area contributed by atoms with Crippen molar-refractivity contribution in [3.63, 3.8) is 0 Å². The summed E-state index contributed by atoms with van der Waals surface area (Å²) >= 11 is 0. The van der Waals surface area contributed by atoms with Crippen LogP contribution in [0.2, 0.25) is 0 Å². The zero-order valence-electron chi connectivity index (χ0n) is 14.8. The van der Waals surface area contributed by atoms with Crippen molar-refractivity contribution < 1.29 is 9.47 Å². The van der Waals surface area contributed by atoms with Gasteiger partial charge in [0.15, 0.2) is 0 Å². The molecule has 3 heteroatoms. The van der Waals surface area contributed by atoms with Crippen LogP contribution < -0.4 is 4.74 Å².